The van der Waals surface area contributed by atoms with Crippen LogP contribution in [0.5, 0.6) is 0 Å². The van der Waals surface area contributed by atoms with Gasteiger partial charge in [-0.15, -0.1) is 0 Å². The van der Waals surface area contributed by atoms with Gasteiger partial charge in [0.05, 0.1) is 16.8 Å². The molecule has 3 amide bonds. The zero-order valence-corrected chi connectivity index (χ0v) is 14.8. The van der Waals surface area contributed by atoms with Crippen molar-refractivity contribution >= 4 is 23.4 Å². The molecule has 4 rings (SSSR count). The zero-order chi connectivity index (χ0) is 19.0. The van der Waals surface area contributed by atoms with Crippen LogP contribution in [0.2, 0.25) is 0 Å². The van der Waals surface area contributed by atoms with E-state index in [-0.39, 0.29) is 17.0 Å². The van der Waals surface area contributed by atoms with Gasteiger partial charge >= 0.3 is 0 Å². The normalized spacial score (nSPS) is 17.1. The molecule has 0 aromatic heterocycles. The Balaban J connectivity index is 1.64. The third-order valence-electron chi connectivity index (χ3n) is 5.11. The van der Waals surface area contributed by atoms with Crippen molar-refractivity contribution in [1.82, 2.24) is 4.90 Å². The second-order valence-electron chi connectivity index (χ2n) is 6.89. The monoisotopic (exact) mass is 366 g/mol. The van der Waals surface area contributed by atoms with Crippen LogP contribution in [0.25, 0.3) is 0 Å². The Kier molecular flexibility index (Phi) is 4.48. The van der Waals surface area contributed by atoms with Crippen LogP contribution in [0.15, 0.2) is 42.5 Å². The molecule has 0 radical (unpaired) electrons. The molecule has 1 saturated heterocycles. The van der Waals surface area contributed by atoms with Gasteiger partial charge in [0, 0.05) is 18.7 Å². The molecule has 2 aliphatic heterocycles. The standard InChI is InChI=1S/C21H19FN2O3/c22-15-6-8-16(9-7-15)24-20(26)17-10-5-14(13-18(17)21(24)27)19(25)23-11-3-1-2-4-12-23/h5-10,13H,1-4,11-12H2. The van der Waals surface area contributed by atoms with E-state index in [1.165, 1.54) is 36.4 Å². The molecule has 5 nitrogen and oxygen atoms in total. The van der Waals surface area contributed by atoms with Crippen LogP contribution in [0.3, 0.4) is 0 Å². The van der Waals surface area contributed by atoms with Gasteiger partial charge in [-0.2, -0.15) is 0 Å². The number of hydrogen-bond acceptors (Lipinski definition) is 3. The summed E-state index contributed by atoms with van der Waals surface area (Å²) in [5.74, 6) is -1.51. The molecule has 6 heteroatoms. The number of likely N-dealkylation sites (tertiary alicyclic amines) is 1. The lowest BCUT2D eigenvalue weighted by atomic mass is 10.0. The van der Waals surface area contributed by atoms with E-state index in [0.29, 0.717) is 24.3 Å². The number of nitrogens with zero attached hydrogens (tertiary/aromatic N) is 2. The molecule has 0 bridgehead atoms. The first-order chi connectivity index (χ1) is 13.1. The van der Waals surface area contributed by atoms with E-state index >= 15 is 0 Å². The first-order valence-corrected chi connectivity index (χ1v) is 9.14. The van der Waals surface area contributed by atoms with Crippen LogP contribution < -0.4 is 4.90 Å². The van der Waals surface area contributed by atoms with Crippen LogP contribution in [0.4, 0.5) is 10.1 Å². The highest BCUT2D eigenvalue weighted by molar-refractivity contribution is 6.34. The van der Waals surface area contributed by atoms with E-state index in [9.17, 15) is 18.8 Å². The summed E-state index contributed by atoms with van der Waals surface area (Å²) >= 11 is 0. The number of halogens is 1. The highest BCUT2D eigenvalue weighted by Gasteiger charge is 2.37. The van der Waals surface area contributed by atoms with Crippen molar-refractivity contribution in [2.24, 2.45) is 0 Å². The van der Waals surface area contributed by atoms with Crippen molar-refractivity contribution in [2.45, 2.75) is 25.7 Å². The Labute approximate surface area is 156 Å². The molecule has 0 saturated carbocycles. The Hall–Kier alpha value is -3.02. The summed E-state index contributed by atoms with van der Waals surface area (Å²) in [5.41, 5.74) is 1.20. The zero-order valence-electron chi connectivity index (χ0n) is 14.8. The summed E-state index contributed by atoms with van der Waals surface area (Å²) in [5, 5.41) is 0. The third-order valence-corrected chi connectivity index (χ3v) is 5.11. The summed E-state index contributed by atoms with van der Waals surface area (Å²) in [7, 11) is 0. The number of benzene rings is 2. The second kappa shape index (κ2) is 6.95. The highest BCUT2D eigenvalue weighted by Crippen LogP contribution is 2.29. The third kappa shape index (κ3) is 3.12. The number of imide groups is 1. The summed E-state index contributed by atoms with van der Waals surface area (Å²) in [4.78, 5) is 41.1. The second-order valence-corrected chi connectivity index (χ2v) is 6.89. The Morgan fingerprint density at radius 1 is 0.815 bits per heavy atom. The number of anilines is 1. The maximum atomic E-state index is 13.1. The van der Waals surface area contributed by atoms with Crippen molar-refractivity contribution in [2.75, 3.05) is 18.0 Å². The molecule has 2 heterocycles. The van der Waals surface area contributed by atoms with Gasteiger partial charge in [0.15, 0.2) is 0 Å². The maximum absolute atomic E-state index is 13.1. The molecule has 2 aromatic rings. The quantitative estimate of drug-likeness (QED) is 0.763. The molecular formula is C21H19FN2O3. The fourth-order valence-electron chi connectivity index (χ4n) is 3.65. The largest absolute Gasteiger partial charge is 0.339 e. The fourth-order valence-corrected chi connectivity index (χ4v) is 3.65. The van der Waals surface area contributed by atoms with Gasteiger partial charge in [-0.05, 0) is 55.3 Å². The number of amides is 3. The molecule has 1 fully saturated rings. The van der Waals surface area contributed by atoms with Gasteiger partial charge in [-0.3, -0.25) is 14.4 Å². The van der Waals surface area contributed by atoms with E-state index in [2.05, 4.69) is 0 Å². The van der Waals surface area contributed by atoms with Crippen molar-refractivity contribution in [1.29, 1.82) is 0 Å². The summed E-state index contributed by atoms with van der Waals surface area (Å²) in [6, 6.07) is 9.82. The van der Waals surface area contributed by atoms with Crippen LogP contribution in [0.1, 0.15) is 56.8 Å². The lowest BCUT2D eigenvalue weighted by Crippen LogP contribution is -2.32. The number of carbonyl (C=O) groups excluding carboxylic acids is 3. The van der Waals surface area contributed by atoms with Gasteiger partial charge in [0.2, 0.25) is 0 Å². The van der Waals surface area contributed by atoms with Gasteiger partial charge < -0.3 is 4.90 Å². The molecule has 2 aliphatic rings. The van der Waals surface area contributed by atoms with Gasteiger partial charge in [0.1, 0.15) is 5.82 Å². The molecule has 0 aliphatic carbocycles. The first-order valence-electron chi connectivity index (χ1n) is 9.14. The lowest BCUT2D eigenvalue weighted by Gasteiger charge is -2.20. The fraction of sp³-hybridized carbons (Fsp3) is 0.286. The molecule has 138 valence electrons. The number of rotatable bonds is 2. The molecule has 27 heavy (non-hydrogen) atoms. The Bertz CT molecular complexity index is 916. The van der Waals surface area contributed by atoms with Crippen LogP contribution in [0, 0.1) is 5.82 Å². The summed E-state index contributed by atoms with van der Waals surface area (Å²) < 4.78 is 13.1. The average Bonchev–Trinajstić information content (AvgIpc) is 2.87. The van der Waals surface area contributed by atoms with Crippen LogP contribution >= 0.6 is 0 Å². The molecule has 0 atom stereocenters. The van der Waals surface area contributed by atoms with Gasteiger partial charge in [-0.25, -0.2) is 9.29 Å². The Morgan fingerprint density at radius 2 is 1.44 bits per heavy atom. The minimum Gasteiger partial charge on any atom is -0.339 e. The molecule has 0 spiro atoms. The van der Waals surface area contributed by atoms with Gasteiger partial charge in [-0.1, -0.05) is 12.8 Å². The van der Waals surface area contributed by atoms with E-state index in [1.807, 2.05) is 4.90 Å². The molecule has 0 unspecified atom stereocenters. The number of carbonyl (C=O) groups is 3. The minimum absolute atomic E-state index is 0.111. The predicted molar refractivity (Wildman–Crippen MR) is 98.4 cm³/mol. The van der Waals surface area contributed by atoms with E-state index < -0.39 is 17.6 Å². The smallest absolute Gasteiger partial charge is 0.266 e. The predicted octanol–water partition coefficient (Wildman–Crippen LogP) is 3.64. The minimum atomic E-state index is -0.493. The lowest BCUT2D eigenvalue weighted by molar-refractivity contribution is 0.0761. The van der Waals surface area contributed by atoms with Crippen LogP contribution in [-0.2, 0) is 0 Å². The van der Waals surface area contributed by atoms with Crippen LogP contribution in [-0.4, -0.2) is 35.7 Å². The maximum Gasteiger partial charge on any atom is 0.266 e. The average molecular weight is 366 g/mol. The van der Waals surface area contributed by atoms with Crippen molar-refractivity contribution in [3.05, 3.63) is 65.0 Å². The molecule has 2 aromatic carbocycles. The topological polar surface area (TPSA) is 57.7 Å². The van der Waals surface area contributed by atoms with E-state index in [0.717, 1.165) is 30.6 Å². The van der Waals surface area contributed by atoms with Crippen molar-refractivity contribution < 1.29 is 18.8 Å². The van der Waals surface area contributed by atoms with Crippen molar-refractivity contribution in [3.8, 4) is 0 Å². The van der Waals surface area contributed by atoms with Crippen molar-refractivity contribution in [3.63, 3.8) is 0 Å². The number of hydrogen-bond donors (Lipinski definition) is 0. The molecule has 0 N–H and O–H groups in total. The highest BCUT2D eigenvalue weighted by atomic mass is 19.1. The number of fused-ring (bicyclic) bond motifs is 1. The summed E-state index contributed by atoms with van der Waals surface area (Å²) in [6.45, 7) is 1.43. The van der Waals surface area contributed by atoms with E-state index in [4.69, 9.17) is 0 Å². The summed E-state index contributed by atoms with van der Waals surface area (Å²) in [6.07, 6.45) is 4.19. The first kappa shape index (κ1) is 17.4. The molecular weight excluding hydrogens is 347 g/mol. The Morgan fingerprint density at radius 3 is 2.11 bits per heavy atom. The SMILES string of the molecule is O=C(c1ccc2c(c1)C(=O)N(c1ccc(F)cc1)C2=O)N1CCCCCC1. The van der Waals surface area contributed by atoms with Gasteiger partial charge in [0.25, 0.3) is 17.7 Å². The van der Waals surface area contributed by atoms with E-state index in [1.54, 1.807) is 6.07 Å².